The van der Waals surface area contributed by atoms with Gasteiger partial charge >= 0.3 is 0 Å². The number of halogens is 2. The number of hydrogen-bond donors (Lipinski definition) is 0. The number of rotatable bonds is 6. The normalized spacial score (nSPS) is 18.7. The summed E-state index contributed by atoms with van der Waals surface area (Å²) in [6.07, 6.45) is 5.38. The van der Waals surface area contributed by atoms with Crippen LogP contribution in [0.2, 0.25) is 10.0 Å². The van der Waals surface area contributed by atoms with Crippen molar-refractivity contribution < 1.29 is 9.53 Å². The van der Waals surface area contributed by atoms with Gasteiger partial charge in [-0.15, -0.1) is 0 Å². The lowest BCUT2D eigenvalue weighted by atomic mass is 10.0. The summed E-state index contributed by atoms with van der Waals surface area (Å²) in [5.41, 5.74) is 0.743. The minimum Gasteiger partial charge on any atom is -0.378 e. The Morgan fingerprint density at radius 2 is 2.05 bits per heavy atom. The first-order valence-electron chi connectivity index (χ1n) is 6.73. The van der Waals surface area contributed by atoms with Crippen LogP contribution in [0.4, 0.5) is 0 Å². The molecule has 1 heterocycles. The van der Waals surface area contributed by atoms with Crippen molar-refractivity contribution in [1.82, 2.24) is 0 Å². The van der Waals surface area contributed by atoms with Gasteiger partial charge in [-0.1, -0.05) is 29.3 Å². The standard InChI is InChI=1S/C15H18Cl2O2/c16-14-7-2-8-15(17)13(14)10-11(18)4-1-5-12-6-3-9-19-12/h2,7-8,12H,1,3-6,9-10H2. The average Bonchev–Trinajstić information content (AvgIpc) is 2.87. The van der Waals surface area contributed by atoms with E-state index in [1.807, 2.05) is 0 Å². The number of ether oxygens (including phenoxy) is 1. The van der Waals surface area contributed by atoms with Crippen LogP contribution in [0.15, 0.2) is 18.2 Å². The first kappa shape index (κ1) is 14.8. The highest BCUT2D eigenvalue weighted by molar-refractivity contribution is 6.36. The molecule has 1 atom stereocenters. The lowest BCUT2D eigenvalue weighted by molar-refractivity contribution is -0.118. The number of carbonyl (C=O) groups excluding carboxylic acids is 1. The molecule has 0 spiro atoms. The quantitative estimate of drug-likeness (QED) is 0.775. The first-order valence-corrected chi connectivity index (χ1v) is 7.48. The van der Waals surface area contributed by atoms with Crippen molar-refractivity contribution in [3.63, 3.8) is 0 Å². The maximum absolute atomic E-state index is 11.9. The molecule has 0 amide bonds. The molecule has 2 rings (SSSR count). The van der Waals surface area contributed by atoms with E-state index in [0.717, 1.165) is 37.9 Å². The van der Waals surface area contributed by atoms with Gasteiger partial charge in [0.1, 0.15) is 5.78 Å². The molecule has 0 saturated carbocycles. The fourth-order valence-corrected chi connectivity index (χ4v) is 2.92. The van der Waals surface area contributed by atoms with Crippen molar-refractivity contribution in [3.8, 4) is 0 Å². The Morgan fingerprint density at radius 3 is 2.68 bits per heavy atom. The molecule has 1 aromatic rings. The minimum atomic E-state index is 0.188. The Morgan fingerprint density at radius 1 is 1.32 bits per heavy atom. The number of ketones is 1. The summed E-state index contributed by atoms with van der Waals surface area (Å²) in [5.74, 6) is 0.188. The molecule has 0 N–H and O–H groups in total. The van der Waals surface area contributed by atoms with Gasteiger partial charge < -0.3 is 4.74 Å². The second-order valence-corrected chi connectivity index (χ2v) is 5.76. The van der Waals surface area contributed by atoms with Crippen LogP contribution in [-0.4, -0.2) is 18.5 Å². The van der Waals surface area contributed by atoms with Crippen molar-refractivity contribution >= 4 is 29.0 Å². The Kier molecular flexibility index (Phi) is 5.68. The molecule has 1 aliphatic heterocycles. The lowest BCUT2D eigenvalue weighted by Gasteiger charge is -2.09. The zero-order valence-corrected chi connectivity index (χ0v) is 12.3. The third kappa shape index (κ3) is 4.48. The van der Waals surface area contributed by atoms with Gasteiger partial charge in [0.05, 0.1) is 6.10 Å². The van der Waals surface area contributed by atoms with Crippen molar-refractivity contribution in [2.75, 3.05) is 6.61 Å². The van der Waals surface area contributed by atoms with E-state index in [4.69, 9.17) is 27.9 Å². The van der Waals surface area contributed by atoms with Gasteiger partial charge in [-0.3, -0.25) is 4.79 Å². The molecule has 1 saturated heterocycles. The van der Waals surface area contributed by atoms with Crippen molar-refractivity contribution in [2.45, 2.75) is 44.6 Å². The maximum atomic E-state index is 11.9. The summed E-state index contributed by atoms with van der Waals surface area (Å²) in [6.45, 7) is 0.869. The summed E-state index contributed by atoms with van der Waals surface area (Å²) >= 11 is 12.1. The zero-order valence-electron chi connectivity index (χ0n) is 10.8. The molecule has 0 radical (unpaired) electrons. The van der Waals surface area contributed by atoms with Crippen LogP contribution in [0.3, 0.4) is 0 Å². The van der Waals surface area contributed by atoms with Crippen molar-refractivity contribution in [1.29, 1.82) is 0 Å². The van der Waals surface area contributed by atoms with Crippen LogP contribution in [0, 0.1) is 0 Å². The Labute approximate surface area is 124 Å². The van der Waals surface area contributed by atoms with Gasteiger partial charge in [-0.25, -0.2) is 0 Å². The monoisotopic (exact) mass is 300 g/mol. The predicted octanol–water partition coefficient (Wildman–Crippen LogP) is 4.45. The zero-order chi connectivity index (χ0) is 13.7. The van der Waals surface area contributed by atoms with Crippen LogP contribution >= 0.6 is 23.2 Å². The van der Waals surface area contributed by atoms with E-state index in [-0.39, 0.29) is 5.78 Å². The minimum absolute atomic E-state index is 0.188. The lowest BCUT2D eigenvalue weighted by Crippen LogP contribution is -2.08. The topological polar surface area (TPSA) is 26.3 Å². The van der Waals surface area contributed by atoms with Crippen LogP contribution in [0.25, 0.3) is 0 Å². The predicted molar refractivity (Wildman–Crippen MR) is 78.0 cm³/mol. The summed E-state index contributed by atoms with van der Waals surface area (Å²) in [5, 5.41) is 1.14. The molecule has 1 aromatic carbocycles. The van der Waals surface area contributed by atoms with Gasteiger partial charge in [0, 0.05) is 29.5 Å². The Balaban J connectivity index is 1.77. The van der Waals surface area contributed by atoms with E-state index in [0.29, 0.717) is 29.0 Å². The maximum Gasteiger partial charge on any atom is 0.137 e. The van der Waals surface area contributed by atoms with Gasteiger partial charge in [-0.2, -0.15) is 0 Å². The highest BCUT2D eigenvalue weighted by atomic mass is 35.5. The summed E-state index contributed by atoms with van der Waals surface area (Å²) in [4.78, 5) is 11.9. The third-order valence-electron chi connectivity index (χ3n) is 3.44. The molecule has 1 unspecified atom stereocenters. The molecule has 4 heteroatoms. The molecule has 2 nitrogen and oxygen atoms in total. The van der Waals surface area contributed by atoms with Gasteiger partial charge in [0.15, 0.2) is 0 Å². The van der Waals surface area contributed by atoms with E-state index >= 15 is 0 Å². The number of hydrogen-bond acceptors (Lipinski definition) is 2. The molecule has 104 valence electrons. The molecule has 1 aliphatic rings. The molecule has 1 fully saturated rings. The Bertz CT molecular complexity index is 420. The van der Waals surface area contributed by atoms with E-state index in [9.17, 15) is 4.79 Å². The first-order chi connectivity index (χ1) is 9.16. The molecule has 19 heavy (non-hydrogen) atoms. The number of carbonyl (C=O) groups is 1. The van der Waals surface area contributed by atoms with Crippen LogP contribution in [0.1, 0.15) is 37.7 Å². The van der Waals surface area contributed by atoms with E-state index < -0.39 is 0 Å². The van der Waals surface area contributed by atoms with Gasteiger partial charge in [0.2, 0.25) is 0 Å². The fourth-order valence-electron chi connectivity index (χ4n) is 2.39. The summed E-state index contributed by atoms with van der Waals surface area (Å²) in [7, 11) is 0. The largest absolute Gasteiger partial charge is 0.378 e. The average molecular weight is 301 g/mol. The van der Waals surface area contributed by atoms with Crippen LogP contribution in [-0.2, 0) is 16.0 Å². The van der Waals surface area contributed by atoms with E-state index in [1.54, 1.807) is 18.2 Å². The van der Waals surface area contributed by atoms with Crippen LogP contribution in [0.5, 0.6) is 0 Å². The SMILES string of the molecule is O=C(CCCC1CCCO1)Cc1c(Cl)cccc1Cl. The summed E-state index contributed by atoms with van der Waals surface area (Å²) in [6, 6.07) is 5.32. The van der Waals surface area contributed by atoms with E-state index in [1.165, 1.54) is 0 Å². The van der Waals surface area contributed by atoms with Crippen molar-refractivity contribution in [3.05, 3.63) is 33.8 Å². The van der Waals surface area contributed by atoms with Gasteiger partial charge in [-0.05, 0) is 43.4 Å². The highest BCUT2D eigenvalue weighted by Gasteiger charge is 2.16. The van der Waals surface area contributed by atoms with Crippen LogP contribution < -0.4 is 0 Å². The molecular weight excluding hydrogens is 283 g/mol. The smallest absolute Gasteiger partial charge is 0.137 e. The molecular formula is C15H18Cl2O2. The highest BCUT2D eigenvalue weighted by Crippen LogP contribution is 2.25. The third-order valence-corrected chi connectivity index (χ3v) is 4.15. The van der Waals surface area contributed by atoms with Crippen molar-refractivity contribution in [2.24, 2.45) is 0 Å². The second kappa shape index (κ2) is 7.28. The van der Waals surface area contributed by atoms with E-state index in [2.05, 4.69) is 0 Å². The number of Topliss-reactive ketones (excluding diaryl/α,β-unsaturated/α-hetero) is 1. The fraction of sp³-hybridized carbons (Fsp3) is 0.533. The second-order valence-electron chi connectivity index (χ2n) is 4.94. The molecule has 0 bridgehead atoms. The number of benzene rings is 1. The molecule has 0 aromatic heterocycles. The summed E-state index contributed by atoms with van der Waals surface area (Å²) < 4.78 is 5.54. The molecule has 0 aliphatic carbocycles. The Hall–Kier alpha value is -0.570. The van der Waals surface area contributed by atoms with Gasteiger partial charge in [0.25, 0.3) is 0 Å².